The zero-order valence-corrected chi connectivity index (χ0v) is 14.9. The lowest BCUT2D eigenvalue weighted by molar-refractivity contribution is -0.187. The molecule has 0 unspecified atom stereocenters. The predicted octanol–water partition coefficient (Wildman–Crippen LogP) is 3.21. The summed E-state index contributed by atoms with van der Waals surface area (Å²) in [7, 11) is 0. The molecule has 0 saturated carbocycles. The summed E-state index contributed by atoms with van der Waals surface area (Å²) in [6.45, 7) is 2.98. The number of halogens is 3. The normalized spacial score (nSPS) is 19.7. The van der Waals surface area contributed by atoms with Crippen molar-refractivity contribution in [2.24, 2.45) is 11.8 Å². The maximum Gasteiger partial charge on any atom is 0.394 e. The van der Waals surface area contributed by atoms with Crippen LogP contribution in [0.5, 0.6) is 11.5 Å². The maximum atomic E-state index is 13.1. The first-order valence-electron chi connectivity index (χ1n) is 8.42. The highest BCUT2D eigenvalue weighted by Gasteiger charge is 2.53. The summed E-state index contributed by atoms with van der Waals surface area (Å²) in [6, 6.07) is 3.88. The van der Waals surface area contributed by atoms with Gasteiger partial charge in [-0.1, -0.05) is 0 Å². The quantitative estimate of drug-likeness (QED) is 0.779. The molecule has 0 radical (unpaired) electrons. The molecule has 0 bridgehead atoms. The van der Waals surface area contributed by atoms with Gasteiger partial charge in [0.05, 0.1) is 30.7 Å². The van der Waals surface area contributed by atoms with Gasteiger partial charge in [0, 0.05) is 19.2 Å². The van der Waals surface area contributed by atoms with Gasteiger partial charge >= 0.3 is 18.2 Å². The Labute approximate surface area is 154 Å². The molecule has 1 fully saturated rings. The van der Waals surface area contributed by atoms with Crippen molar-refractivity contribution in [1.29, 1.82) is 0 Å². The van der Waals surface area contributed by atoms with Gasteiger partial charge in [0.1, 0.15) is 11.5 Å². The van der Waals surface area contributed by atoms with E-state index in [1.165, 1.54) is 6.07 Å². The second kappa shape index (κ2) is 8.36. The minimum absolute atomic E-state index is 0.232. The average Bonchev–Trinajstić information content (AvgIpc) is 3.04. The fourth-order valence-electron chi connectivity index (χ4n) is 2.89. The number of ether oxygens (including phenoxy) is 2. The third kappa shape index (κ3) is 4.95. The lowest BCUT2D eigenvalue weighted by Gasteiger charge is -2.20. The lowest BCUT2D eigenvalue weighted by atomic mass is 9.96. The molecule has 2 atom stereocenters. The van der Waals surface area contributed by atoms with Crippen LogP contribution in [-0.2, 0) is 4.79 Å². The smallest absolute Gasteiger partial charge is 0.394 e. The number of amides is 2. The number of carbonyl (C=O) groups excluding carboxylic acids is 1. The van der Waals surface area contributed by atoms with Gasteiger partial charge in [0.25, 0.3) is 0 Å². The molecule has 1 aliphatic rings. The van der Waals surface area contributed by atoms with Crippen LogP contribution >= 0.6 is 0 Å². The fourth-order valence-corrected chi connectivity index (χ4v) is 2.89. The van der Waals surface area contributed by atoms with Crippen LogP contribution in [0.1, 0.15) is 13.8 Å². The highest BCUT2D eigenvalue weighted by Crippen LogP contribution is 2.38. The molecule has 0 spiro atoms. The zero-order chi connectivity index (χ0) is 20.2. The topological polar surface area (TPSA) is 88.1 Å². The Balaban J connectivity index is 2.19. The van der Waals surface area contributed by atoms with Crippen molar-refractivity contribution in [3.8, 4) is 11.5 Å². The number of likely N-dealkylation sites (tertiary alicyclic amines) is 1. The van der Waals surface area contributed by atoms with Crippen LogP contribution in [0.15, 0.2) is 18.2 Å². The van der Waals surface area contributed by atoms with Crippen LogP contribution in [0.25, 0.3) is 0 Å². The Bertz CT molecular complexity index is 696. The van der Waals surface area contributed by atoms with Crippen molar-refractivity contribution in [2.45, 2.75) is 20.0 Å². The van der Waals surface area contributed by atoms with Crippen LogP contribution < -0.4 is 14.8 Å². The van der Waals surface area contributed by atoms with E-state index in [0.29, 0.717) is 24.7 Å². The first kappa shape index (κ1) is 20.7. The molecule has 7 nitrogen and oxygen atoms in total. The van der Waals surface area contributed by atoms with Crippen molar-refractivity contribution in [3.63, 3.8) is 0 Å². The van der Waals surface area contributed by atoms with Crippen molar-refractivity contribution < 1.29 is 37.3 Å². The van der Waals surface area contributed by atoms with Gasteiger partial charge in [0.2, 0.25) is 0 Å². The summed E-state index contributed by atoms with van der Waals surface area (Å²) in [6.07, 6.45) is -4.70. The van der Waals surface area contributed by atoms with E-state index in [4.69, 9.17) is 14.6 Å². The Morgan fingerprint density at radius 1 is 1.22 bits per heavy atom. The van der Waals surface area contributed by atoms with E-state index in [1.807, 2.05) is 0 Å². The standard InChI is InChI=1S/C17H21F3N2O5/c1-3-26-10-5-6-14(27-4-2)13(7-10)21-16(25)22-8-11(15(23)24)12(9-22)17(18,19)20/h5-7,11-12H,3-4,8-9H2,1-2H3,(H,21,25)(H,23,24)/t11-,12-/m1/s1. The SMILES string of the molecule is CCOc1ccc(OCC)c(NC(=O)N2C[C@@H](C(F)(F)F)[C@H](C(=O)O)C2)c1. The van der Waals surface area contributed by atoms with Crippen LogP contribution in [0, 0.1) is 11.8 Å². The molecule has 150 valence electrons. The minimum atomic E-state index is -4.70. The van der Waals surface area contributed by atoms with Gasteiger partial charge in [-0.25, -0.2) is 4.79 Å². The van der Waals surface area contributed by atoms with E-state index in [1.54, 1.807) is 26.0 Å². The minimum Gasteiger partial charge on any atom is -0.494 e. The number of nitrogens with one attached hydrogen (secondary N) is 1. The number of nitrogens with zero attached hydrogens (tertiary/aromatic N) is 1. The lowest BCUT2D eigenvalue weighted by Crippen LogP contribution is -2.35. The monoisotopic (exact) mass is 390 g/mol. The number of hydrogen-bond donors (Lipinski definition) is 2. The Kier molecular flexibility index (Phi) is 6.40. The van der Waals surface area contributed by atoms with Gasteiger partial charge in [-0.05, 0) is 26.0 Å². The van der Waals surface area contributed by atoms with E-state index in [0.717, 1.165) is 4.90 Å². The van der Waals surface area contributed by atoms with Crippen LogP contribution in [0.3, 0.4) is 0 Å². The summed E-state index contributed by atoms with van der Waals surface area (Å²) in [5, 5.41) is 11.5. The molecule has 1 saturated heterocycles. The zero-order valence-electron chi connectivity index (χ0n) is 14.9. The van der Waals surface area contributed by atoms with Crippen molar-refractivity contribution >= 4 is 17.7 Å². The summed E-state index contributed by atoms with van der Waals surface area (Å²) in [4.78, 5) is 24.4. The highest BCUT2D eigenvalue weighted by atomic mass is 19.4. The average molecular weight is 390 g/mol. The molecule has 1 aliphatic heterocycles. The molecule has 2 amide bonds. The number of aliphatic carboxylic acids is 1. The number of anilines is 1. The molecule has 2 N–H and O–H groups in total. The molecule has 1 aromatic carbocycles. The van der Waals surface area contributed by atoms with Crippen molar-refractivity contribution in [3.05, 3.63) is 18.2 Å². The van der Waals surface area contributed by atoms with Crippen molar-refractivity contribution in [1.82, 2.24) is 4.90 Å². The third-order valence-corrected chi connectivity index (χ3v) is 4.15. The molecular weight excluding hydrogens is 369 g/mol. The van der Waals surface area contributed by atoms with Gasteiger partial charge in [-0.15, -0.1) is 0 Å². The van der Waals surface area contributed by atoms with Gasteiger partial charge in [0.15, 0.2) is 0 Å². The molecule has 2 rings (SSSR count). The number of carboxylic acid groups (broad SMARTS) is 1. The van der Waals surface area contributed by atoms with Gasteiger partial charge < -0.3 is 24.8 Å². The van der Waals surface area contributed by atoms with E-state index in [2.05, 4.69) is 5.32 Å². The second-order valence-electron chi connectivity index (χ2n) is 5.95. The van der Waals surface area contributed by atoms with Gasteiger partial charge in [-0.3, -0.25) is 4.79 Å². The third-order valence-electron chi connectivity index (χ3n) is 4.15. The number of urea groups is 1. The Hall–Kier alpha value is -2.65. The summed E-state index contributed by atoms with van der Waals surface area (Å²) in [5.74, 6) is -4.61. The number of hydrogen-bond acceptors (Lipinski definition) is 4. The number of benzene rings is 1. The molecule has 0 aromatic heterocycles. The van der Waals surface area contributed by atoms with E-state index < -0.39 is 43.1 Å². The Morgan fingerprint density at radius 2 is 1.89 bits per heavy atom. The molecule has 10 heteroatoms. The largest absolute Gasteiger partial charge is 0.494 e. The predicted molar refractivity (Wildman–Crippen MR) is 90.0 cm³/mol. The fraction of sp³-hybridized carbons (Fsp3) is 0.529. The summed E-state index contributed by atoms with van der Waals surface area (Å²) in [5.41, 5.74) is 0.232. The first-order chi connectivity index (χ1) is 12.7. The molecule has 0 aliphatic carbocycles. The van der Waals surface area contributed by atoms with E-state index in [9.17, 15) is 22.8 Å². The molecule has 27 heavy (non-hydrogen) atoms. The highest BCUT2D eigenvalue weighted by molar-refractivity contribution is 5.92. The molecular formula is C17H21F3N2O5. The van der Waals surface area contributed by atoms with Gasteiger partial charge in [-0.2, -0.15) is 13.2 Å². The van der Waals surface area contributed by atoms with Crippen LogP contribution in [-0.4, -0.2) is 54.5 Å². The number of alkyl halides is 3. The maximum absolute atomic E-state index is 13.1. The number of carbonyl (C=O) groups is 2. The van der Waals surface area contributed by atoms with Crippen LogP contribution in [0.2, 0.25) is 0 Å². The van der Waals surface area contributed by atoms with Crippen LogP contribution in [0.4, 0.5) is 23.7 Å². The van der Waals surface area contributed by atoms with E-state index in [-0.39, 0.29) is 5.69 Å². The molecule has 1 aromatic rings. The first-order valence-corrected chi connectivity index (χ1v) is 8.42. The molecule has 1 heterocycles. The number of carboxylic acids is 1. The van der Waals surface area contributed by atoms with E-state index >= 15 is 0 Å². The van der Waals surface area contributed by atoms with Crippen molar-refractivity contribution in [2.75, 3.05) is 31.6 Å². The second-order valence-corrected chi connectivity index (χ2v) is 5.95. The number of rotatable bonds is 6. The summed E-state index contributed by atoms with van der Waals surface area (Å²) < 4.78 is 50.0. The summed E-state index contributed by atoms with van der Waals surface area (Å²) >= 11 is 0. The Morgan fingerprint density at radius 3 is 2.41 bits per heavy atom.